The fourth-order valence-corrected chi connectivity index (χ4v) is 1.95. The largest absolute Gasteiger partial charge is 0.378 e. The highest BCUT2D eigenvalue weighted by molar-refractivity contribution is 7.99. The zero-order chi connectivity index (χ0) is 7.72. The van der Waals surface area contributed by atoms with E-state index < -0.39 is 12.5 Å². The highest BCUT2D eigenvalue weighted by Crippen LogP contribution is 2.27. The molecule has 1 rings (SSSR count). The summed E-state index contributed by atoms with van der Waals surface area (Å²) in [5.74, 6) is 0. The van der Waals surface area contributed by atoms with E-state index >= 15 is 0 Å². The van der Waals surface area contributed by atoms with E-state index in [4.69, 9.17) is 0 Å². The molecule has 0 aromatic carbocycles. The van der Waals surface area contributed by atoms with Gasteiger partial charge in [-0.05, 0) is 13.3 Å². The monoisotopic (exact) mass is 163 g/mol. The number of hydrogen-bond acceptors (Lipinski definition) is 4. The SMILES string of the molecule is CSC1CC(O)N(C)C1O. The first-order valence-electron chi connectivity index (χ1n) is 3.27. The molecule has 0 aromatic heterocycles. The molecule has 0 bridgehead atoms. The molecule has 0 spiro atoms. The van der Waals surface area contributed by atoms with Gasteiger partial charge in [0.15, 0.2) is 0 Å². The number of thioether (sulfide) groups is 1. The van der Waals surface area contributed by atoms with E-state index in [0.717, 1.165) is 0 Å². The Balaban J connectivity index is 2.53. The summed E-state index contributed by atoms with van der Waals surface area (Å²) in [4.78, 5) is 1.58. The molecule has 0 saturated carbocycles. The zero-order valence-corrected chi connectivity index (χ0v) is 7.01. The maximum atomic E-state index is 9.37. The predicted molar refractivity (Wildman–Crippen MR) is 41.7 cm³/mol. The summed E-state index contributed by atoms with van der Waals surface area (Å²) in [6, 6.07) is 0. The number of hydrogen-bond donors (Lipinski definition) is 2. The van der Waals surface area contributed by atoms with Crippen LogP contribution in [0.4, 0.5) is 0 Å². The average molecular weight is 163 g/mol. The van der Waals surface area contributed by atoms with Gasteiger partial charge in [0.05, 0.1) is 0 Å². The summed E-state index contributed by atoms with van der Waals surface area (Å²) in [5, 5.41) is 18.8. The van der Waals surface area contributed by atoms with Crippen molar-refractivity contribution in [2.24, 2.45) is 0 Å². The molecule has 10 heavy (non-hydrogen) atoms. The third-order valence-electron chi connectivity index (χ3n) is 1.97. The van der Waals surface area contributed by atoms with Crippen LogP contribution in [0, 0.1) is 0 Å². The van der Waals surface area contributed by atoms with Gasteiger partial charge in [-0.3, -0.25) is 4.90 Å². The molecule has 1 aliphatic rings. The number of nitrogens with zero attached hydrogens (tertiary/aromatic N) is 1. The molecule has 0 amide bonds. The summed E-state index contributed by atoms with van der Waals surface area (Å²) < 4.78 is 0. The van der Waals surface area contributed by atoms with Crippen molar-refractivity contribution in [1.29, 1.82) is 0 Å². The van der Waals surface area contributed by atoms with Crippen molar-refractivity contribution in [2.45, 2.75) is 24.1 Å². The van der Waals surface area contributed by atoms with Crippen LogP contribution in [-0.2, 0) is 0 Å². The molecule has 60 valence electrons. The van der Waals surface area contributed by atoms with Gasteiger partial charge in [-0.1, -0.05) is 0 Å². The van der Waals surface area contributed by atoms with Crippen molar-refractivity contribution >= 4 is 11.8 Å². The van der Waals surface area contributed by atoms with Crippen LogP contribution < -0.4 is 0 Å². The van der Waals surface area contributed by atoms with Crippen LogP contribution in [0.2, 0.25) is 0 Å². The van der Waals surface area contributed by atoms with Crippen molar-refractivity contribution in [1.82, 2.24) is 4.90 Å². The maximum Gasteiger partial charge on any atom is 0.121 e. The fourth-order valence-electron chi connectivity index (χ4n) is 1.15. The Kier molecular flexibility index (Phi) is 2.57. The summed E-state index contributed by atoms with van der Waals surface area (Å²) in [7, 11) is 1.73. The molecule has 1 aliphatic heterocycles. The second-order valence-corrected chi connectivity index (χ2v) is 3.65. The molecule has 1 saturated heterocycles. The second-order valence-electron chi connectivity index (χ2n) is 2.57. The Labute approximate surface area is 65.0 Å². The number of rotatable bonds is 1. The van der Waals surface area contributed by atoms with E-state index in [0.29, 0.717) is 6.42 Å². The lowest BCUT2D eigenvalue weighted by Gasteiger charge is -2.18. The van der Waals surface area contributed by atoms with Crippen molar-refractivity contribution in [3.63, 3.8) is 0 Å². The standard InChI is InChI=1S/C6H13NO2S/c1-7-5(8)3-4(10-2)6(7)9/h4-6,8-9H,3H2,1-2H3. The topological polar surface area (TPSA) is 43.7 Å². The van der Waals surface area contributed by atoms with Gasteiger partial charge >= 0.3 is 0 Å². The molecule has 3 nitrogen and oxygen atoms in total. The average Bonchev–Trinajstić information content (AvgIpc) is 2.17. The Bertz CT molecular complexity index is 122. The highest BCUT2D eigenvalue weighted by Gasteiger charge is 2.35. The van der Waals surface area contributed by atoms with Gasteiger partial charge < -0.3 is 10.2 Å². The molecule has 4 heteroatoms. The smallest absolute Gasteiger partial charge is 0.121 e. The highest BCUT2D eigenvalue weighted by atomic mass is 32.2. The quantitative estimate of drug-likeness (QED) is 0.556. The number of aliphatic hydroxyl groups is 2. The van der Waals surface area contributed by atoms with Gasteiger partial charge in [-0.25, -0.2) is 0 Å². The van der Waals surface area contributed by atoms with Gasteiger partial charge in [0.2, 0.25) is 0 Å². The Hall–Kier alpha value is 0.230. The molecule has 3 unspecified atom stereocenters. The van der Waals surface area contributed by atoms with E-state index in [1.165, 1.54) is 0 Å². The van der Waals surface area contributed by atoms with Gasteiger partial charge in [0.1, 0.15) is 12.5 Å². The molecule has 2 N–H and O–H groups in total. The fraction of sp³-hybridized carbons (Fsp3) is 1.00. The van der Waals surface area contributed by atoms with E-state index in [1.54, 1.807) is 23.7 Å². The minimum Gasteiger partial charge on any atom is -0.378 e. The Morgan fingerprint density at radius 1 is 1.50 bits per heavy atom. The van der Waals surface area contributed by atoms with Crippen LogP contribution in [-0.4, -0.2) is 46.1 Å². The van der Waals surface area contributed by atoms with Crippen LogP contribution >= 0.6 is 11.8 Å². The van der Waals surface area contributed by atoms with Gasteiger partial charge in [0.25, 0.3) is 0 Å². The van der Waals surface area contributed by atoms with Crippen molar-refractivity contribution in [3.05, 3.63) is 0 Å². The molecule has 0 aliphatic carbocycles. The zero-order valence-electron chi connectivity index (χ0n) is 6.19. The van der Waals surface area contributed by atoms with E-state index in [1.807, 2.05) is 6.26 Å². The van der Waals surface area contributed by atoms with Crippen LogP contribution in [0.1, 0.15) is 6.42 Å². The number of likely N-dealkylation sites (tertiary alicyclic amines) is 1. The van der Waals surface area contributed by atoms with E-state index in [9.17, 15) is 10.2 Å². The summed E-state index contributed by atoms with van der Waals surface area (Å²) in [6.45, 7) is 0. The third-order valence-corrected chi connectivity index (χ3v) is 3.01. The van der Waals surface area contributed by atoms with Crippen molar-refractivity contribution in [3.8, 4) is 0 Å². The lowest BCUT2D eigenvalue weighted by molar-refractivity contribution is -0.0331. The minimum atomic E-state index is -0.481. The molecule has 3 atom stereocenters. The lowest BCUT2D eigenvalue weighted by atomic mass is 10.3. The van der Waals surface area contributed by atoms with Crippen molar-refractivity contribution in [2.75, 3.05) is 13.3 Å². The first-order chi connectivity index (χ1) is 4.66. The normalized spacial score (nSPS) is 42.6. The maximum absolute atomic E-state index is 9.37. The summed E-state index contributed by atoms with van der Waals surface area (Å²) in [6.07, 6.45) is 1.66. The van der Waals surface area contributed by atoms with Gasteiger partial charge in [0, 0.05) is 11.7 Å². The first kappa shape index (κ1) is 8.33. The summed E-state index contributed by atoms with van der Waals surface area (Å²) in [5.41, 5.74) is 0. The predicted octanol–water partition coefficient (Wildman–Crippen LogP) is -0.310. The molecule has 0 aromatic rings. The molecular formula is C6H13NO2S. The van der Waals surface area contributed by atoms with Crippen molar-refractivity contribution < 1.29 is 10.2 Å². The first-order valence-corrected chi connectivity index (χ1v) is 4.56. The summed E-state index contributed by atoms with van der Waals surface area (Å²) >= 11 is 1.60. The molecule has 1 heterocycles. The Morgan fingerprint density at radius 2 is 2.10 bits per heavy atom. The van der Waals surface area contributed by atoms with Crippen LogP contribution in [0.3, 0.4) is 0 Å². The molecule has 1 fully saturated rings. The van der Waals surface area contributed by atoms with Crippen LogP contribution in [0.15, 0.2) is 0 Å². The van der Waals surface area contributed by atoms with Gasteiger partial charge in [-0.15, -0.1) is 0 Å². The molecule has 0 radical (unpaired) electrons. The van der Waals surface area contributed by atoms with Gasteiger partial charge in [-0.2, -0.15) is 11.8 Å². The number of aliphatic hydroxyl groups excluding tert-OH is 2. The second kappa shape index (κ2) is 3.09. The minimum absolute atomic E-state index is 0.167. The van der Waals surface area contributed by atoms with E-state index in [2.05, 4.69) is 0 Å². The third kappa shape index (κ3) is 1.29. The molecular weight excluding hydrogens is 150 g/mol. The Morgan fingerprint density at radius 3 is 2.30 bits per heavy atom. The van der Waals surface area contributed by atoms with E-state index in [-0.39, 0.29) is 5.25 Å². The van der Waals surface area contributed by atoms with Crippen LogP contribution in [0.25, 0.3) is 0 Å². The van der Waals surface area contributed by atoms with Crippen LogP contribution in [0.5, 0.6) is 0 Å². The lowest BCUT2D eigenvalue weighted by Crippen LogP contribution is -2.34.